The maximum atomic E-state index is 13.6. The molecule has 0 aliphatic rings. The number of benzene rings is 3. The standard InChI is InChI=1S/C30H35NO4/c1-20(2)14-28(25-16-21(3)15-22(4)17-25)31-30(34)27-18-26(12-10-24(27)11-13-29(32)33)35-19-23-8-6-5-7-9-23/h5-10,12,15-18,20,28H,11,13-14,19H2,1-4H3,(H,31,34)(H,32,33)/t28-/m1/s1. The van der Waals surface area contributed by atoms with Crippen LogP contribution in [0.3, 0.4) is 0 Å². The smallest absolute Gasteiger partial charge is 0.303 e. The minimum Gasteiger partial charge on any atom is -0.489 e. The highest BCUT2D eigenvalue weighted by atomic mass is 16.5. The first-order valence-electron chi connectivity index (χ1n) is 12.1. The Kier molecular flexibility index (Phi) is 9.07. The molecule has 3 aromatic carbocycles. The van der Waals surface area contributed by atoms with E-state index in [1.54, 1.807) is 18.2 Å². The molecular weight excluding hydrogens is 438 g/mol. The molecule has 0 spiro atoms. The number of hydrogen-bond acceptors (Lipinski definition) is 3. The molecule has 2 N–H and O–H groups in total. The van der Waals surface area contributed by atoms with Gasteiger partial charge in [0.2, 0.25) is 0 Å². The van der Waals surface area contributed by atoms with Crippen LogP contribution in [0.15, 0.2) is 66.7 Å². The third-order valence-electron chi connectivity index (χ3n) is 5.84. The normalized spacial score (nSPS) is 11.8. The van der Waals surface area contributed by atoms with Crippen LogP contribution in [0.1, 0.15) is 70.9 Å². The van der Waals surface area contributed by atoms with Gasteiger partial charge in [-0.15, -0.1) is 0 Å². The van der Waals surface area contributed by atoms with Crippen LogP contribution in [0.5, 0.6) is 5.75 Å². The van der Waals surface area contributed by atoms with Crippen molar-refractivity contribution in [1.29, 1.82) is 0 Å². The summed E-state index contributed by atoms with van der Waals surface area (Å²) in [5.41, 5.74) is 5.56. The molecular formula is C30H35NO4. The molecule has 0 saturated carbocycles. The Morgan fingerprint density at radius 1 is 0.943 bits per heavy atom. The molecule has 1 atom stereocenters. The lowest BCUT2D eigenvalue weighted by atomic mass is 9.93. The molecule has 0 heterocycles. The Labute approximate surface area is 208 Å². The zero-order chi connectivity index (χ0) is 25.4. The molecule has 0 saturated heterocycles. The van der Waals surface area contributed by atoms with E-state index in [4.69, 9.17) is 4.74 Å². The lowest BCUT2D eigenvalue weighted by molar-refractivity contribution is -0.136. The highest BCUT2D eigenvalue weighted by Crippen LogP contribution is 2.26. The largest absolute Gasteiger partial charge is 0.489 e. The van der Waals surface area contributed by atoms with Crippen LogP contribution in [-0.2, 0) is 17.8 Å². The van der Waals surface area contributed by atoms with Gasteiger partial charge >= 0.3 is 5.97 Å². The van der Waals surface area contributed by atoms with Crippen LogP contribution < -0.4 is 10.1 Å². The average Bonchev–Trinajstić information content (AvgIpc) is 2.81. The summed E-state index contributed by atoms with van der Waals surface area (Å²) in [6, 6.07) is 21.3. The molecule has 0 bridgehead atoms. The first-order chi connectivity index (χ1) is 16.7. The van der Waals surface area contributed by atoms with E-state index in [2.05, 4.69) is 51.2 Å². The summed E-state index contributed by atoms with van der Waals surface area (Å²) in [6.07, 6.45) is 1.02. The summed E-state index contributed by atoms with van der Waals surface area (Å²) in [5.74, 6) is -0.160. The number of carboxylic acids is 1. The second kappa shape index (κ2) is 12.2. The molecule has 5 heteroatoms. The fourth-order valence-electron chi connectivity index (χ4n) is 4.25. The van der Waals surface area contributed by atoms with Gasteiger partial charge in [-0.05, 0) is 61.4 Å². The van der Waals surface area contributed by atoms with E-state index in [0.29, 0.717) is 29.4 Å². The van der Waals surface area contributed by atoms with Crippen LogP contribution >= 0.6 is 0 Å². The summed E-state index contributed by atoms with van der Waals surface area (Å²) >= 11 is 0. The van der Waals surface area contributed by atoms with E-state index in [-0.39, 0.29) is 24.8 Å². The van der Waals surface area contributed by atoms with Gasteiger partial charge in [0.25, 0.3) is 5.91 Å². The predicted molar refractivity (Wildman–Crippen MR) is 139 cm³/mol. The molecule has 184 valence electrons. The van der Waals surface area contributed by atoms with Crippen molar-refractivity contribution >= 4 is 11.9 Å². The van der Waals surface area contributed by atoms with Crippen LogP contribution in [0, 0.1) is 19.8 Å². The highest BCUT2D eigenvalue weighted by molar-refractivity contribution is 5.96. The molecule has 0 radical (unpaired) electrons. The molecule has 0 aromatic heterocycles. The van der Waals surface area contributed by atoms with Crippen LogP contribution in [0.2, 0.25) is 0 Å². The summed E-state index contributed by atoms with van der Waals surface area (Å²) in [6.45, 7) is 8.77. The average molecular weight is 474 g/mol. The molecule has 5 nitrogen and oxygen atoms in total. The van der Waals surface area contributed by atoms with Gasteiger partial charge in [-0.2, -0.15) is 0 Å². The summed E-state index contributed by atoms with van der Waals surface area (Å²) < 4.78 is 5.95. The van der Waals surface area contributed by atoms with E-state index in [0.717, 1.165) is 28.7 Å². The number of aliphatic carboxylic acids is 1. The van der Waals surface area contributed by atoms with E-state index < -0.39 is 5.97 Å². The summed E-state index contributed by atoms with van der Waals surface area (Å²) in [4.78, 5) is 24.8. The predicted octanol–water partition coefficient (Wildman–Crippen LogP) is 6.42. The Hall–Kier alpha value is -3.60. The number of carbonyl (C=O) groups is 2. The number of ether oxygens (including phenoxy) is 1. The van der Waals surface area contributed by atoms with Crippen LogP contribution in [0.25, 0.3) is 0 Å². The Morgan fingerprint density at radius 3 is 2.26 bits per heavy atom. The Bertz CT molecular complexity index is 1130. The topological polar surface area (TPSA) is 75.6 Å². The van der Waals surface area contributed by atoms with Gasteiger partial charge in [0.1, 0.15) is 12.4 Å². The maximum Gasteiger partial charge on any atom is 0.303 e. The van der Waals surface area contributed by atoms with Gasteiger partial charge in [-0.25, -0.2) is 0 Å². The Morgan fingerprint density at radius 2 is 1.63 bits per heavy atom. The van der Waals surface area contributed by atoms with Crippen LogP contribution in [-0.4, -0.2) is 17.0 Å². The number of carboxylic acid groups (broad SMARTS) is 1. The number of rotatable bonds is 11. The van der Waals surface area contributed by atoms with Crippen molar-refractivity contribution in [2.75, 3.05) is 0 Å². The fourth-order valence-corrected chi connectivity index (χ4v) is 4.25. The van der Waals surface area contributed by atoms with Crippen molar-refractivity contribution < 1.29 is 19.4 Å². The lowest BCUT2D eigenvalue weighted by Crippen LogP contribution is -2.30. The van der Waals surface area contributed by atoms with Gasteiger partial charge in [0, 0.05) is 12.0 Å². The first-order valence-corrected chi connectivity index (χ1v) is 12.1. The van der Waals surface area contributed by atoms with E-state index >= 15 is 0 Å². The summed E-state index contributed by atoms with van der Waals surface area (Å²) in [7, 11) is 0. The maximum absolute atomic E-state index is 13.6. The molecule has 0 fully saturated rings. The molecule has 3 aromatic rings. The zero-order valence-corrected chi connectivity index (χ0v) is 21.0. The minimum absolute atomic E-state index is 0.0446. The fraction of sp³-hybridized carbons (Fsp3) is 0.333. The number of aryl methyl sites for hydroxylation is 3. The van der Waals surface area contributed by atoms with Crippen LogP contribution in [0.4, 0.5) is 0 Å². The van der Waals surface area contributed by atoms with E-state index in [9.17, 15) is 14.7 Å². The molecule has 0 aliphatic carbocycles. The highest BCUT2D eigenvalue weighted by Gasteiger charge is 2.21. The van der Waals surface area contributed by atoms with Crippen molar-refractivity contribution in [2.45, 2.75) is 59.6 Å². The monoisotopic (exact) mass is 473 g/mol. The molecule has 3 rings (SSSR count). The van der Waals surface area contributed by atoms with Crippen molar-refractivity contribution in [1.82, 2.24) is 5.32 Å². The molecule has 0 aliphatic heterocycles. The zero-order valence-electron chi connectivity index (χ0n) is 21.0. The minimum atomic E-state index is -0.895. The van der Waals surface area contributed by atoms with Gasteiger partial charge < -0.3 is 15.2 Å². The van der Waals surface area contributed by atoms with Gasteiger partial charge in [0.05, 0.1) is 6.04 Å². The van der Waals surface area contributed by atoms with Gasteiger partial charge in [-0.3, -0.25) is 9.59 Å². The van der Waals surface area contributed by atoms with Crippen molar-refractivity contribution in [2.24, 2.45) is 5.92 Å². The van der Waals surface area contributed by atoms with Crippen molar-refractivity contribution in [3.8, 4) is 5.75 Å². The van der Waals surface area contributed by atoms with E-state index in [1.165, 1.54) is 0 Å². The molecule has 1 amide bonds. The molecule has 35 heavy (non-hydrogen) atoms. The second-order valence-electron chi connectivity index (χ2n) is 9.56. The number of hydrogen-bond donors (Lipinski definition) is 2. The van der Waals surface area contributed by atoms with Gasteiger partial charge in [0.15, 0.2) is 0 Å². The third kappa shape index (κ3) is 7.99. The van der Waals surface area contributed by atoms with E-state index in [1.807, 2.05) is 30.3 Å². The number of nitrogens with one attached hydrogen (secondary N) is 1. The lowest BCUT2D eigenvalue weighted by Gasteiger charge is -2.23. The second-order valence-corrected chi connectivity index (χ2v) is 9.56. The first kappa shape index (κ1) is 26.0. The Balaban J connectivity index is 1.88. The number of carbonyl (C=O) groups excluding carboxylic acids is 1. The quantitative estimate of drug-likeness (QED) is 0.337. The number of amides is 1. The third-order valence-corrected chi connectivity index (χ3v) is 5.84. The van der Waals surface area contributed by atoms with Gasteiger partial charge in [-0.1, -0.05) is 79.6 Å². The molecule has 0 unspecified atom stereocenters. The SMILES string of the molecule is Cc1cc(C)cc([C@@H](CC(C)C)NC(=O)c2cc(OCc3ccccc3)ccc2CCC(=O)O)c1. The van der Waals surface area contributed by atoms with Crippen molar-refractivity contribution in [3.05, 3.63) is 100 Å². The summed E-state index contributed by atoms with van der Waals surface area (Å²) in [5, 5.41) is 12.4. The van der Waals surface area contributed by atoms with Crippen molar-refractivity contribution in [3.63, 3.8) is 0 Å².